The number of amides is 1. The molecule has 2 aromatic carbocycles. The van der Waals surface area contributed by atoms with Crippen molar-refractivity contribution in [1.82, 2.24) is 4.90 Å². The van der Waals surface area contributed by atoms with Crippen LogP contribution in [0.2, 0.25) is 0 Å². The summed E-state index contributed by atoms with van der Waals surface area (Å²) in [7, 11) is -1.53. The van der Waals surface area contributed by atoms with Crippen molar-refractivity contribution in [3.05, 3.63) is 59.7 Å². The van der Waals surface area contributed by atoms with Crippen LogP contribution in [-0.4, -0.2) is 50.0 Å². The number of hydrogen-bond donors (Lipinski definition) is 0. The molecular formula is C23H29NO5S. The van der Waals surface area contributed by atoms with E-state index in [0.717, 1.165) is 17.7 Å². The van der Waals surface area contributed by atoms with Crippen LogP contribution >= 0.6 is 0 Å². The highest BCUT2D eigenvalue weighted by Crippen LogP contribution is 2.23. The van der Waals surface area contributed by atoms with Crippen LogP contribution < -0.4 is 9.47 Å². The van der Waals surface area contributed by atoms with Crippen molar-refractivity contribution in [3.63, 3.8) is 0 Å². The molecule has 1 saturated heterocycles. The minimum atomic E-state index is -3.12. The van der Waals surface area contributed by atoms with Crippen molar-refractivity contribution in [1.29, 1.82) is 0 Å². The van der Waals surface area contributed by atoms with E-state index in [9.17, 15) is 13.2 Å². The second-order valence-corrected chi connectivity index (χ2v) is 9.86. The van der Waals surface area contributed by atoms with E-state index in [4.69, 9.17) is 9.47 Å². The van der Waals surface area contributed by atoms with E-state index in [-0.39, 0.29) is 23.5 Å². The Balaban J connectivity index is 1.77. The van der Waals surface area contributed by atoms with E-state index in [0.29, 0.717) is 18.7 Å². The third-order valence-electron chi connectivity index (χ3n) is 5.44. The summed E-state index contributed by atoms with van der Waals surface area (Å²) in [6.07, 6.45) is 0.655. The Labute approximate surface area is 178 Å². The highest BCUT2D eigenvalue weighted by Gasteiger charge is 2.36. The fraction of sp³-hybridized carbons (Fsp3) is 0.435. The zero-order chi connectivity index (χ0) is 21.7. The first-order valence-electron chi connectivity index (χ1n) is 10.2. The Morgan fingerprint density at radius 1 is 1.07 bits per heavy atom. The Morgan fingerprint density at radius 2 is 1.67 bits per heavy atom. The van der Waals surface area contributed by atoms with Crippen LogP contribution in [0.4, 0.5) is 0 Å². The summed E-state index contributed by atoms with van der Waals surface area (Å²) < 4.78 is 35.2. The molecule has 7 heteroatoms. The fourth-order valence-corrected chi connectivity index (χ4v) is 5.36. The molecule has 0 N–H and O–H groups in total. The van der Waals surface area contributed by atoms with Crippen LogP contribution in [0.15, 0.2) is 48.5 Å². The van der Waals surface area contributed by atoms with Crippen LogP contribution in [0, 0.1) is 0 Å². The second-order valence-electron chi connectivity index (χ2n) is 7.63. The molecule has 0 radical (unpaired) electrons. The summed E-state index contributed by atoms with van der Waals surface area (Å²) in [5, 5.41) is 0. The lowest BCUT2D eigenvalue weighted by Gasteiger charge is -2.31. The van der Waals surface area contributed by atoms with Gasteiger partial charge in [-0.05, 0) is 55.2 Å². The van der Waals surface area contributed by atoms with Crippen molar-refractivity contribution in [2.24, 2.45) is 0 Å². The number of ether oxygens (including phenoxy) is 2. The molecule has 0 saturated carbocycles. The van der Waals surface area contributed by atoms with Gasteiger partial charge in [0.25, 0.3) is 5.91 Å². The molecule has 30 heavy (non-hydrogen) atoms. The Bertz CT molecular complexity index is 954. The molecule has 0 aromatic heterocycles. The third kappa shape index (κ3) is 5.53. The second kappa shape index (κ2) is 9.51. The molecule has 0 bridgehead atoms. The first kappa shape index (κ1) is 22.2. The number of methoxy groups -OCH3 is 1. The van der Waals surface area contributed by atoms with Gasteiger partial charge in [0, 0.05) is 12.6 Å². The topological polar surface area (TPSA) is 72.9 Å². The molecule has 1 aliphatic rings. The minimum absolute atomic E-state index is 0.00713. The van der Waals surface area contributed by atoms with Crippen molar-refractivity contribution in [2.45, 2.75) is 45.4 Å². The van der Waals surface area contributed by atoms with Gasteiger partial charge in [0.15, 0.2) is 15.9 Å². The molecule has 2 aromatic rings. The molecule has 1 amide bonds. The molecule has 0 spiro atoms. The average Bonchev–Trinajstić information content (AvgIpc) is 3.11. The normalized spacial score (nSPS) is 18.6. The summed E-state index contributed by atoms with van der Waals surface area (Å²) in [6.45, 7) is 4.11. The maximum absolute atomic E-state index is 13.3. The number of nitrogens with zero attached hydrogens (tertiary/aromatic N) is 1. The third-order valence-corrected chi connectivity index (χ3v) is 7.19. The van der Waals surface area contributed by atoms with Gasteiger partial charge in [-0.1, -0.05) is 31.2 Å². The number of carbonyl (C=O) groups excluding carboxylic acids is 1. The number of carbonyl (C=O) groups is 1. The van der Waals surface area contributed by atoms with Crippen molar-refractivity contribution in [3.8, 4) is 11.5 Å². The lowest BCUT2D eigenvalue weighted by molar-refractivity contribution is -0.140. The van der Waals surface area contributed by atoms with Gasteiger partial charge in [0.05, 0.1) is 18.6 Å². The average molecular weight is 432 g/mol. The van der Waals surface area contributed by atoms with Crippen LogP contribution in [0.25, 0.3) is 0 Å². The van der Waals surface area contributed by atoms with Gasteiger partial charge in [0.2, 0.25) is 0 Å². The number of sulfone groups is 1. The Morgan fingerprint density at radius 3 is 2.20 bits per heavy atom. The minimum Gasteiger partial charge on any atom is -0.497 e. The van der Waals surface area contributed by atoms with Gasteiger partial charge in [-0.25, -0.2) is 8.42 Å². The van der Waals surface area contributed by atoms with Gasteiger partial charge in [-0.15, -0.1) is 0 Å². The summed E-state index contributed by atoms with van der Waals surface area (Å²) in [5.41, 5.74) is 2.10. The van der Waals surface area contributed by atoms with E-state index in [1.165, 1.54) is 5.56 Å². The molecule has 1 aliphatic heterocycles. The number of benzene rings is 2. The van der Waals surface area contributed by atoms with Crippen molar-refractivity contribution in [2.75, 3.05) is 18.6 Å². The Hall–Kier alpha value is -2.54. The van der Waals surface area contributed by atoms with Crippen LogP contribution in [0.5, 0.6) is 11.5 Å². The smallest absolute Gasteiger partial charge is 0.263 e. The van der Waals surface area contributed by atoms with Gasteiger partial charge in [-0.2, -0.15) is 0 Å². The zero-order valence-corrected chi connectivity index (χ0v) is 18.5. The quantitative estimate of drug-likeness (QED) is 0.642. The monoisotopic (exact) mass is 431 g/mol. The molecule has 0 aliphatic carbocycles. The molecule has 1 fully saturated rings. The summed E-state index contributed by atoms with van der Waals surface area (Å²) >= 11 is 0. The first-order valence-corrected chi connectivity index (χ1v) is 12.0. The van der Waals surface area contributed by atoms with Gasteiger partial charge >= 0.3 is 0 Å². The predicted octanol–water partition coefficient (Wildman–Crippen LogP) is 3.24. The van der Waals surface area contributed by atoms with E-state index in [1.54, 1.807) is 18.9 Å². The molecule has 1 heterocycles. The lowest BCUT2D eigenvalue weighted by atomic mass is 10.1. The first-order chi connectivity index (χ1) is 14.3. The molecular weight excluding hydrogens is 402 g/mol. The van der Waals surface area contributed by atoms with Crippen LogP contribution in [-0.2, 0) is 27.6 Å². The van der Waals surface area contributed by atoms with Crippen molar-refractivity contribution < 1.29 is 22.7 Å². The van der Waals surface area contributed by atoms with Crippen LogP contribution in [0.1, 0.15) is 31.4 Å². The van der Waals surface area contributed by atoms with E-state index in [1.807, 2.05) is 48.5 Å². The molecule has 2 unspecified atom stereocenters. The van der Waals surface area contributed by atoms with Gasteiger partial charge in [0.1, 0.15) is 11.5 Å². The van der Waals surface area contributed by atoms with E-state index >= 15 is 0 Å². The lowest BCUT2D eigenvalue weighted by Crippen LogP contribution is -2.46. The van der Waals surface area contributed by atoms with E-state index < -0.39 is 15.9 Å². The summed E-state index contributed by atoms with van der Waals surface area (Å²) in [6, 6.07) is 14.8. The SMILES string of the molecule is CCc1ccc(OC(C)C(=O)N(Cc2ccc(OC)cc2)C2CCS(=O)(=O)C2)cc1. The molecule has 3 rings (SSSR count). The highest BCUT2D eigenvalue weighted by molar-refractivity contribution is 7.91. The maximum atomic E-state index is 13.3. The van der Waals surface area contributed by atoms with Gasteiger partial charge < -0.3 is 14.4 Å². The maximum Gasteiger partial charge on any atom is 0.263 e. The summed E-state index contributed by atoms with van der Waals surface area (Å²) in [4.78, 5) is 14.9. The number of hydrogen-bond acceptors (Lipinski definition) is 5. The Kier molecular flexibility index (Phi) is 7.02. The van der Waals surface area contributed by atoms with Gasteiger partial charge in [-0.3, -0.25) is 4.79 Å². The zero-order valence-electron chi connectivity index (χ0n) is 17.7. The van der Waals surface area contributed by atoms with Crippen molar-refractivity contribution >= 4 is 15.7 Å². The van der Waals surface area contributed by atoms with Crippen LogP contribution in [0.3, 0.4) is 0 Å². The number of aryl methyl sites for hydroxylation is 1. The number of rotatable bonds is 8. The molecule has 6 nitrogen and oxygen atoms in total. The largest absolute Gasteiger partial charge is 0.497 e. The van der Waals surface area contributed by atoms with E-state index in [2.05, 4.69) is 6.92 Å². The molecule has 2 atom stereocenters. The highest BCUT2D eigenvalue weighted by atomic mass is 32.2. The summed E-state index contributed by atoms with van der Waals surface area (Å²) in [5.74, 6) is 1.24. The predicted molar refractivity (Wildman–Crippen MR) is 117 cm³/mol. The fourth-order valence-electron chi connectivity index (χ4n) is 3.63. The standard InChI is InChI=1S/C23H29NO5S/c1-4-18-5-11-22(12-6-18)29-17(2)23(25)24(20-13-14-30(26,27)16-20)15-19-7-9-21(28-3)10-8-19/h5-12,17,20H,4,13-16H2,1-3H3. The molecule has 162 valence electrons.